The van der Waals surface area contributed by atoms with Crippen LogP contribution in [0.1, 0.15) is 31.0 Å². The highest BCUT2D eigenvalue weighted by molar-refractivity contribution is 5.88. The van der Waals surface area contributed by atoms with Crippen LogP contribution in [-0.4, -0.2) is 38.2 Å². The Hall–Kier alpha value is -2.36. The molecule has 0 bridgehead atoms. The lowest BCUT2D eigenvalue weighted by atomic mass is 9.93. The smallest absolute Gasteiger partial charge is 0.124 e. The van der Waals surface area contributed by atoms with Gasteiger partial charge >= 0.3 is 0 Å². The van der Waals surface area contributed by atoms with Gasteiger partial charge in [0.2, 0.25) is 0 Å². The van der Waals surface area contributed by atoms with E-state index in [0.717, 1.165) is 38.3 Å². The summed E-state index contributed by atoms with van der Waals surface area (Å²) in [6.45, 7) is 8.60. The largest absolute Gasteiger partial charge is 0.496 e. The highest BCUT2D eigenvalue weighted by Gasteiger charge is 2.19. The number of hydrogen-bond acceptors (Lipinski definition) is 3. The van der Waals surface area contributed by atoms with E-state index in [4.69, 9.17) is 4.74 Å². The zero-order valence-corrected chi connectivity index (χ0v) is 17.3. The molecule has 0 spiro atoms. The molecule has 148 valence electrons. The molecule has 1 N–H and O–H groups in total. The van der Waals surface area contributed by atoms with Gasteiger partial charge in [0.15, 0.2) is 0 Å². The minimum atomic E-state index is 0.194. The summed E-state index contributed by atoms with van der Waals surface area (Å²) in [4.78, 5) is 2.45. The normalized spacial score (nSPS) is 12.4. The lowest BCUT2D eigenvalue weighted by molar-refractivity contribution is 0.295. The fourth-order valence-electron chi connectivity index (χ4n) is 3.88. The molecular weight excluding hydrogens is 344 g/mol. The molecular formula is C25H32N2O. The van der Waals surface area contributed by atoms with Crippen molar-refractivity contribution in [3.05, 3.63) is 77.9 Å². The Balaban J connectivity index is 1.95. The van der Waals surface area contributed by atoms with Crippen molar-refractivity contribution in [2.45, 2.75) is 26.3 Å². The van der Waals surface area contributed by atoms with Gasteiger partial charge in [0, 0.05) is 24.7 Å². The maximum absolute atomic E-state index is 5.79. The average molecular weight is 377 g/mol. The maximum atomic E-state index is 5.79. The lowest BCUT2D eigenvalue weighted by Gasteiger charge is -2.25. The Labute approximate surface area is 169 Å². The van der Waals surface area contributed by atoms with E-state index in [1.54, 1.807) is 7.11 Å². The Morgan fingerprint density at radius 3 is 2.32 bits per heavy atom. The summed E-state index contributed by atoms with van der Waals surface area (Å²) in [5.41, 5.74) is 2.59. The van der Waals surface area contributed by atoms with Crippen LogP contribution in [0.25, 0.3) is 10.8 Å². The van der Waals surface area contributed by atoms with E-state index in [2.05, 4.69) is 90.8 Å². The predicted octanol–water partition coefficient (Wildman–Crippen LogP) is 5.06. The number of benzene rings is 3. The van der Waals surface area contributed by atoms with Crippen molar-refractivity contribution in [1.82, 2.24) is 10.2 Å². The zero-order chi connectivity index (χ0) is 19.8. The number of nitrogens with zero attached hydrogens (tertiary/aromatic N) is 1. The predicted molar refractivity (Wildman–Crippen MR) is 119 cm³/mol. The van der Waals surface area contributed by atoms with E-state index in [9.17, 15) is 0 Å². The Kier molecular flexibility index (Phi) is 7.46. The quantitative estimate of drug-likeness (QED) is 0.535. The molecule has 3 heteroatoms. The van der Waals surface area contributed by atoms with Gasteiger partial charge < -0.3 is 15.0 Å². The average Bonchev–Trinajstić information content (AvgIpc) is 2.76. The monoisotopic (exact) mass is 376 g/mol. The van der Waals surface area contributed by atoms with E-state index in [-0.39, 0.29) is 6.04 Å². The van der Waals surface area contributed by atoms with E-state index >= 15 is 0 Å². The topological polar surface area (TPSA) is 24.5 Å². The first-order chi connectivity index (χ1) is 13.8. The van der Waals surface area contributed by atoms with Crippen LogP contribution in [0.5, 0.6) is 5.75 Å². The third-order valence-electron chi connectivity index (χ3n) is 5.49. The summed E-state index contributed by atoms with van der Waals surface area (Å²) in [5.74, 6) is 0.954. The second-order valence-electron chi connectivity index (χ2n) is 7.13. The van der Waals surface area contributed by atoms with Crippen molar-refractivity contribution >= 4 is 10.8 Å². The van der Waals surface area contributed by atoms with Gasteiger partial charge in [-0.1, -0.05) is 74.5 Å². The van der Waals surface area contributed by atoms with Gasteiger partial charge in [0.05, 0.1) is 7.11 Å². The molecule has 0 saturated carbocycles. The van der Waals surface area contributed by atoms with Crippen LogP contribution in [0, 0.1) is 0 Å². The molecule has 3 nitrogen and oxygen atoms in total. The molecule has 3 aromatic rings. The van der Waals surface area contributed by atoms with E-state index in [1.165, 1.54) is 21.9 Å². The minimum absolute atomic E-state index is 0.194. The highest BCUT2D eigenvalue weighted by atomic mass is 16.5. The third kappa shape index (κ3) is 4.92. The number of nitrogens with one attached hydrogen (secondary N) is 1. The first-order valence-corrected chi connectivity index (χ1v) is 10.3. The number of rotatable bonds is 10. The van der Waals surface area contributed by atoms with Gasteiger partial charge in [-0.05, 0) is 41.9 Å². The van der Waals surface area contributed by atoms with Crippen molar-refractivity contribution in [1.29, 1.82) is 0 Å². The van der Waals surface area contributed by atoms with Crippen molar-refractivity contribution in [2.75, 3.05) is 33.3 Å². The molecule has 0 aliphatic heterocycles. The molecule has 0 saturated heterocycles. The molecule has 3 aromatic carbocycles. The van der Waals surface area contributed by atoms with Crippen molar-refractivity contribution < 1.29 is 4.74 Å². The fourth-order valence-corrected chi connectivity index (χ4v) is 3.88. The van der Waals surface area contributed by atoms with Gasteiger partial charge in [0.25, 0.3) is 0 Å². The van der Waals surface area contributed by atoms with Crippen LogP contribution in [0.2, 0.25) is 0 Å². The summed E-state index contributed by atoms with van der Waals surface area (Å²) in [6, 6.07) is 23.7. The molecule has 1 atom stereocenters. The summed E-state index contributed by atoms with van der Waals surface area (Å²) in [6.07, 6.45) is 0.934. The number of fused-ring (bicyclic) bond motifs is 1. The Morgan fingerprint density at radius 1 is 0.893 bits per heavy atom. The Bertz CT molecular complexity index is 859. The molecule has 28 heavy (non-hydrogen) atoms. The highest BCUT2D eigenvalue weighted by Crippen LogP contribution is 2.34. The molecule has 0 heterocycles. The molecule has 3 rings (SSSR count). The molecule has 0 unspecified atom stereocenters. The molecule has 0 aliphatic rings. The van der Waals surface area contributed by atoms with Crippen LogP contribution in [0.4, 0.5) is 0 Å². The minimum Gasteiger partial charge on any atom is -0.496 e. The number of likely N-dealkylation sites (N-methyl/N-ethyl adjacent to an activating group) is 1. The van der Waals surface area contributed by atoms with E-state index in [0.29, 0.717) is 0 Å². The molecule has 0 aliphatic carbocycles. The zero-order valence-electron chi connectivity index (χ0n) is 17.3. The van der Waals surface area contributed by atoms with Gasteiger partial charge in [-0.25, -0.2) is 0 Å². The first-order valence-electron chi connectivity index (χ1n) is 10.3. The SMILES string of the molecule is CCN(CC)CCN[C@@H](Cc1ccccc1)c1c(OC)ccc2ccccc12. The molecule has 0 aromatic heterocycles. The lowest BCUT2D eigenvalue weighted by Crippen LogP contribution is -2.34. The first kappa shape index (κ1) is 20.4. The summed E-state index contributed by atoms with van der Waals surface area (Å²) in [5, 5.41) is 6.34. The van der Waals surface area contributed by atoms with Crippen LogP contribution in [-0.2, 0) is 6.42 Å². The number of hydrogen-bond donors (Lipinski definition) is 1. The van der Waals surface area contributed by atoms with Crippen molar-refractivity contribution in [3.8, 4) is 5.75 Å². The fraction of sp³-hybridized carbons (Fsp3) is 0.360. The standard InChI is InChI=1S/C25H32N2O/c1-4-27(5-2)18-17-26-23(19-20-11-7-6-8-12-20)25-22-14-10-9-13-21(22)15-16-24(25)28-3/h6-16,23,26H,4-5,17-19H2,1-3H3/t23-/m0/s1. The van der Waals surface area contributed by atoms with Gasteiger partial charge in [-0.3, -0.25) is 0 Å². The van der Waals surface area contributed by atoms with E-state index < -0.39 is 0 Å². The van der Waals surface area contributed by atoms with Crippen LogP contribution < -0.4 is 10.1 Å². The van der Waals surface area contributed by atoms with Crippen LogP contribution >= 0.6 is 0 Å². The van der Waals surface area contributed by atoms with Crippen molar-refractivity contribution in [3.63, 3.8) is 0 Å². The molecule has 0 amide bonds. The third-order valence-corrected chi connectivity index (χ3v) is 5.49. The Morgan fingerprint density at radius 2 is 1.61 bits per heavy atom. The number of ether oxygens (including phenoxy) is 1. The second kappa shape index (κ2) is 10.3. The van der Waals surface area contributed by atoms with Gasteiger partial charge in [0.1, 0.15) is 5.75 Å². The number of methoxy groups -OCH3 is 1. The van der Waals surface area contributed by atoms with Gasteiger partial charge in [-0.15, -0.1) is 0 Å². The summed E-state index contributed by atoms with van der Waals surface area (Å²) < 4.78 is 5.79. The maximum Gasteiger partial charge on any atom is 0.124 e. The summed E-state index contributed by atoms with van der Waals surface area (Å²) in [7, 11) is 1.77. The van der Waals surface area contributed by atoms with Gasteiger partial charge in [-0.2, -0.15) is 0 Å². The summed E-state index contributed by atoms with van der Waals surface area (Å²) >= 11 is 0. The molecule has 0 fully saturated rings. The van der Waals surface area contributed by atoms with Crippen molar-refractivity contribution in [2.24, 2.45) is 0 Å². The molecule has 0 radical (unpaired) electrons. The van der Waals surface area contributed by atoms with Crippen LogP contribution in [0.15, 0.2) is 66.7 Å². The van der Waals surface area contributed by atoms with E-state index in [1.807, 2.05) is 0 Å². The van der Waals surface area contributed by atoms with Crippen LogP contribution in [0.3, 0.4) is 0 Å². The second-order valence-corrected chi connectivity index (χ2v) is 7.13.